The third-order valence-electron chi connectivity index (χ3n) is 6.38. The third-order valence-corrected chi connectivity index (χ3v) is 6.38. The van der Waals surface area contributed by atoms with Crippen LogP contribution in [0, 0.1) is 17.5 Å². The number of halogens is 3. The maximum Gasteiger partial charge on any atom is 0.274 e. The highest BCUT2D eigenvalue weighted by Gasteiger charge is 2.47. The van der Waals surface area contributed by atoms with E-state index in [0.717, 1.165) is 30.3 Å². The number of anilines is 1. The lowest BCUT2D eigenvalue weighted by Crippen LogP contribution is -2.56. The van der Waals surface area contributed by atoms with Crippen LogP contribution >= 0.6 is 0 Å². The number of carbonyl (C=O) groups is 1. The summed E-state index contributed by atoms with van der Waals surface area (Å²) in [6, 6.07) is 6.67. The Morgan fingerprint density at radius 2 is 1.89 bits per heavy atom. The first-order valence-electron chi connectivity index (χ1n) is 11.1. The molecule has 10 heteroatoms. The number of aliphatic hydroxyl groups is 2. The van der Waals surface area contributed by atoms with Crippen molar-refractivity contribution in [1.29, 1.82) is 0 Å². The first-order valence-corrected chi connectivity index (χ1v) is 11.1. The highest BCUT2D eigenvalue weighted by Crippen LogP contribution is 2.40. The highest BCUT2D eigenvalue weighted by atomic mass is 19.1. The lowest BCUT2D eigenvalue weighted by molar-refractivity contribution is -0.224. The van der Waals surface area contributed by atoms with E-state index in [1.54, 1.807) is 19.9 Å². The zero-order chi connectivity index (χ0) is 25.3. The number of aliphatic hydroxyl groups excluding tert-OH is 1. The molecule has 1 saturated heterocycles. The molecule has 0 saturated carbocycles. The predicted molar refractivity (Wildman–Crippen MR) is 121 cm³/mol. The molecule has 4 rings (SSSR count). The molecule has 1 amide bonds. The molecule has 0 radical (unpaired) electrons. The van der Waals surface area contributed by atoms with E-state index in [1.165, 1.54) is 12.4 Å². The van der Waals surface area contributed by atoms with E-state index in [2.05, 4.69) is 15.3 Å². The second-order valence-corrected chi connectivity index (χ2v) is 8.40. The smallest absolute Gasteiger partial charge is 0.274 e. The lowest BCUT2D eigenvalue weighted by atomic mass is 9.81. The van der Waals surface area contributed by atoms with Crippen molar-refractivity contribution in [3.63, 3.8) is 0 Å². The van der Waals surface area contributed by atoms with Gasteiger partial charge < -0.3 is 20.3 Å². The Labute approximate surface area is 199 Å². The molecule has 0 aliphatic carbocycles. The molecule has 1 aliphatic rings. The number of pyridine rings is 2. The number of carbonyl (C=O) groups excluding carboxylic acids is 1. The minimum Gasteiger partial charge on any atom is -0.390 e. The molecule has 0 spiro atoms. The van der Waals surface area contributed by atoms with E-state index >= 15 is 0 Å². The van der Waals surface area contributed by atoms with Crippen LogP contribution in [-0.2, 0) is 4.74 Å². The molecule has 2 aromatic heterocycles. The van der Waals surface area contributed by atoms with Crippen molar-refractivity contribution >= 4 is 11.6 Å². The van der Waals surface area contributed by atoms with Gasteiger partial charge in [-0.3, -0.25) is 9.78 Å². The van der Waals surface area contributed by atoms with Crippen LogP contribution in [0.5, 0.6) is 0 Å². The van der Waals surface area contributed by atoms with Gasteiger partial charge in [0.15, 0.2) is 0 Å². The third kappa shape index (κ3) is 4.64. The minimum atomic E-state index is -1.40. The monoisotopic (exact) mass is 487 g/mol. The van der Waals surface area contributed by atoms with Crippen molar-refractivity contribution in [1.82, 2.24) is 9.97 Å². The van der Waals surface area contributed by atoms with Gasteiger partial charge >= 0.3 is 0 Å². The Bertz CT molecular complexity index is 1220. The number of amides is 1. The molecule has 3 aromatic rings. The van der Waals surface area contributed by atoms with Crippen LogP contribution in [-0.4, -0.2) is 43.9 Å². The van der Waals surface area contributed by atoms with Gasteiger partial charge in [0.2, 0.25) is 0 Å². The number of aromatic nitrogens is 2. The topological polar surface area (TPSA) is 105 Å². The van der Waals surface area contributed by atoms with Crippen molar-refractivity contribution in [2.24, 2.45) is 0 Å². The van der Waals surface area contributed by atoms with E-state index < -0.39 is 58.5 Å². The predicted octanol–water partition coefficient (Wildman–Crippen LogP) is 4.17. The standard InChI is InChI=1S/C25H24F3N3O4/c1-3-25(34)13(2)35-20(11-21(25)32)14-9-10-29-12-19(14)31-24(33)18-8-7-17(28)23(30-18)22-15(26)5-4-6-16(22)27/h4-10,12-13,20-21,32,34H,3,11H2,1-2H3,(H,31,33)/t13-,20-,21-,25+/m1/s1. The van der Waals surface area contributed by atoms with Crippen LogP contribution in [0.1, 0.15) is 48.8 Å². The van der Waals surface area contributed by atoms with Crippen molar-refractivity contribution in [3.8, 4) is 11.3 Å². The lowest BCUT2D eigenvalue weighted by Gasteiger charge is -2.45. The summed E-state index contributed by atoms with van der Waals surface area (Å²) < 4.78 is 48.7. The van der Waals surface area contributed by atoms with Crippen molar-refractivity contribution in [2.75, 3.05) is 5.32 Å². The molecule has 4 atom stereocenters. The fraction of sp³-hybridized carbons (Fsp3) is 0.320. The average Bonchev–Trinajstić information content (AvgIpc) is 2.83. The summed E-state index contributed by atoms with van der Waals surface area (Å²) in [7, 11) is 0. The van der Waals surface area contributed by atoms with Crippen LogP contribution < -0.4 is 5.32 Å². The maximum atomic E-state index is 14.4. The zero-order valence-electron chi connectivity index (χ0n) is 19.0. The number of benzene rings is 1. The largest absolute Gasteiger partial charge is 0.390 e. The molecule has 0 bridgehead atoms. The summed E-state index contributed by atoms with van der Waals surface area (Å²) in [5.74, 6) is -3.79. The highest BCUT2D eigenvalue weighted by molar-refractivity contribution is 6.03. The molecule has 0 unspecified atom stereocenters. The van der Waals surface area contributed by atoms with Crippen molar-refractivity contribution in [3.05, 3.63) is 77.5 Å². The van der Waals surface area contributed by atoms with Crippen LogP contribution in [0.25, 0.3) is 11.3 Å². The molecule has 3 heterocycles. The van der Waals surface area contributed by atoms with Gasteiger partial charge in [0.25, 0.3) is 5.91 Å². The molecule has 1 aromatic carbocycles. The van der Waals surface area contributed by atoms with Crippen molar-refractivity contribution in [2.45, 2.75) is 50.6 Å². The molecule has 35 heavy (non-hydrogen) atoms. The van der Waals surface area contributed by atoms with E-state index in [0.29, 0.717) is 12.0 Å². The second kappa shape index (κ2) is 9.73. The number of hydrogen-bond donors (Lipinski definition) is 3. The Morgan fingerprint density at radius 3 is 2.54 bits per heavy atom. The van der Waals surface area contributed by atoms with Crippen LogP contribution in [0.2, 0.25) is 0 Å². The zero-order valence-corrected chi connectivity index (χ0v) is 19.0. The van der Waals surface area contributed by atoms with E-state index in [-0.39, 0.29) is 17.8 Å². The van der Waals surface area contributed by atoms with Crippen molar-refractivity contribution < 1.29 is 32.9 Å². The number of ether oxygens (including phenoxy) is 1. The summed E-state index contributed by atoms with van der Waals surface area (Å²) >= 11 is 0. The van der Waals surface area contributed by atoms with Gasteiger partial charge in [-0.05, 0) is 43.7 Å². The van der Waals surface area contributed by atoms with Gasteiger partial charge in [0, 0.05) is 18.2 Å². The van der Waals surface area contributed by atoms with Crippen LogP contribution in [0.4, 0.5) is 18.9 Å². The Hall–Kier alpha value is -3.34. The van der Waals surface area contributed by atoms with E-state index in [4.69, 9.17) is 4.74 Å². The Balaban J connectivity index is 1.62. The second-order valence-electron chi connectivity index (χ2n) is 8.40. The molecule has 1 fully saturated rings. The summed E-state index contributed by atoms with van der Waals surface area (Å²) in [5, 5.41) is 23.8. The fourth-order valence-corrected chi connectivity index (χ4v) is 4.27. The Kier molecular flexibility index (Phi) is 6.88. The van der Waals surface area contributed by atoms with Gasteiger partial charge in [-0.2, -0.15) is 0 Å². The summed E-state index contributed by atoms with van der Waals surface area (Å²) in [4.78, 5) is 20.8. The number of hydrogen-bond acceptors (Lipinski definition) is 6. The quantitative estimate of drug-likeness (QED) is 0.499. The summed E-state index contributed by atoms with van der Waals surface area (Å²) in [6.45, 7) is 3.41. The maximum absolute atomic E-state index is 14.4. The molecule has 7 nitrogen and oxygen atoms in total. The first-order chi connectivity index (χ1) is 16.7. The Morgan fingerprint density at radius 1 is 1.17 bits per heavy atom. The first kappa shape index (κ1) is 24.8. The molecule has 1 aliphatic heterocycles. The van der Waals surface area contributed by atoms with Gasteiger partial charge in [0.1, 0.15) is 34.4 Å². The van der Waals surface area contributed by atoms with E-state index in [9.17, 15) is 28.2 Å². The number of nitrogens with zero attached hydrogens (tertiary/aromatic N) is 2. The van der Waals surface area contributed by atoms with Gasteiger partial charge in [0.05, 0.1) is 35.8 Å². The molecular formula is C25H24F3N3O4. The summed E-state index contributed by atoms with van der Waals surface area (Å²) in [6.07, 6.45) is 0.825. The summed E-state index contributed by atoms with van der Waals surface area (Å²) in [5.41, 5.74) is -2.25. The molecular weight excluding hydrogens is 463 g/mol. The van der Waals surface area contributed by atoms with Gasteiger partial charge in [-0.15, -0.1) is 0 Å². The van der Waals surface area contributed by atoms with Crippen LogP contribution in [0.15, 0.2) is 48.8 Å². The molecule has 3 N–H and O–H groups in total. The van der Waals surface area contributed by atoms with Gasteiger partial charge in [-0.25, -0.2) is 18.2 Å². The van der Waals surface area contributed by atoms with Crippen LogP contribution in [0.3, 0.4) is 0 Å². The van der Waals surface area contributed by atoms with Gasteiger partial charge in [-0.1, -0.05) is 13.0 Å². The van der Waals surface area contributed by atoms with E-state index in [1.807, 2.05) is 0 Å². The normalized spacial score (nSPS) is 24.3. The average molecular weight is 487 g/mol. The number of nitrogens with one attached hydrogen (secondary N) is 1. The minimum absolute atomic E-state index is 0.0765. The SMILES string of the molecule is CC[C@@]1(O)[C@H](O)C[C@H](c2ccncc2NC(=O)c2ccc(F)c(-c3c(F)cccc3F)n2)O[C@@H]1C. The number of rotatable bonds is 5. The molecule has 184 valence electrons. The fourth-order valence-electron chi connectivity index (χ4n) is 4.27.